The van der Waals surface area contributed by atoms with Crippen LogP contribution in [0.25, 0.3) is 0 Å². The lowest BCUT2D eigenvalue weighted by Crippen LogP contribution is -2.28. The smallest absolute Gasteiger partial charge is 0.290 e. The molecule has 0 spiro atoms. The van der Waals surface area contributed by atoms with Gasteiger partial charge in [0.2, 0.25) is 0 Å². The summed E-state index contributed by atoms with van der Waals surface area (Å²) in [5.74, 6) is 0. The highest BCUT2D eigenvalue weighted by Crippen LogP contribution is 2.27. The molecular weight excluding hydrogens is 258 g/mol. The lowest BCUT2D eigenvalue weighted by Gasteiger charge is -2.12. The molecular formula is C14H15N3OS. The van der Waals surface area contributed by atoms with Crippen LogP contribution in [-0.4, -0.2) is 20.8 Å². The van der Waals surface area contributed by atoms with Crippen LogP contribution in [0.1, 0.15) is 23.4 Å². The summed E-state index contributed by atoms with van der Waals surface area (Å²) in [6.45, 7) is 0.518. The molecule has 0 amide bonds. The highest BCUT2D eigenvalue weighted by Gasteiger charge is 2.21. The highest BCUT2D eigenvalue weighted by molar-refractivity contribution is 7.98. The fraction of sp³-hybridized carbons (Fsp3) is 0.357. The standard InChI is InChI=1S/C14H15N3OS/c1-19-13-11-6-4-7-12(11)17(14(18)16-13)9-10-5-2-3-8-15-10/h2-3,5,8H,4,6-7,9H2,1H3. The minimum absolute atomic E-state index is 0.157. The maximum atomic E-state index is 12.2. The number of fused-ring (bicyclic) bond motifs is 1. The van der Waals surface area contributed by atoms with Crippen LogP contribution in [0.2, 0.25) is 0 Å². The monoisotopic (exact) mass is 273 g/mol. The number of rotatable bonds is 3. The second kappa shape index (κ2) is 5.17. The van der Waals surface area contributed by atoms with Gasteiger partial charge in [0.05, 0.1) is 12.2 Å². The number of aromatic nitrogens is 3. The number of thioether (sulfide) groups is 1. The Morgan fingerprint density at radius 3 is 3.00 bits per heavy atom. The zero-order chi connectivity index (χ0) is 13.2. The third kappa shape index (κ3) is 2.30. The first-order chi connectivity index (χ1) is 9.29. The molecule has 4 nitrogen and oxygen atoms in total. The molecule has 0 saturated carbocycles. The molecule has 0 fully saturated rings. The summed E-state index contributed by atoms with van der Waals surface area (Å²) in [6, 6.07) is 5.76. The Bertz CT molecular complexity index is 652. The number of nitrogens with zero attached hydrogens (tertiary/aromatic N) is 3. The predicted octanol–water partition coefficient (Wildman–Crippen LogP) is 1.90. The van der Waals surface area contributed by atoms with Gasteiger partial charge in [0.15, 0.2) is 0 Å². The maximum absolute atomic E-state index is 12.2. The summed E-state index contributed by atoms with van der Waals surface area (Å²) in [4.78, 5) is 20.7. The van der Waals surface area contributed by atoms with Crippen LogP contribution in [-0.2, 0) is 19.4 Å². The van der Waals surface area contributed by atoms with Gasteiger partial charge in [0, 0.05) is 17.5 Å². The van der Waals surface area contributed by atoms with Crippen molar-refractivity contribution in [3.8, 4) is 0 Å². The summed E-state index contributed by atoms with van der Waals surface area (Å²) in [7, 11) is 0. The molecule has 0 bridgehead atoms. The molecule has 0 radical (unpaired) electrons. The van der Waals surface area contributed by atoms with Crippen molar-refractivity contribution in [1.82, 2.24) is 14.5 Å². The van der Waals surface area contributed by atoms with E-state index in [-0.39, 0.29) is 5.69 Å². The number of pyridine rings is 1. The normalized spacial score (nSPS) is 13.5. The van der Waals surface area contributed by atoms with E-state index in [0.29, 0.717) is 6.54 Å². The van der Waals surface area contributed by atoms with Crippen molar-refractivity contribution in [3.05, 3.63) is 51.8 Å². The quantitative estimate of drug-likeness (QED) is 0.633. The van der Waals surface area contributed by atoms with E-state index in [9.17, 15) is 4.79 Å². The lowest BCUT2D eigenvalue weighted by molar-refractivity contribution is 0.656. The third-order valence-corrected chi connectivity index (χ3v) is 4.16. The molecule has 3 rings (SSSR count). The van der Waals surface area contributed by atoms with Crippen LogP contribution in [0, 0.1) is 0 Å². The van der Waals surface area contributed by atoms with Crippen LogP contribution >= 0.6 is 11.8 Å². The zero-order valence-corrected chi connectivity index (χ0v) is 11.6. The van der Waals surface area contributed by atoms with E-state index >= 15 is 0 Å². The van der Waals surface area contributed by atoms with Crippen molar-refractivity contribution < 1.29 is 0 Å². The van der Waals surface area contributed by atoms with Crippen LogP contribution in [0.4, 0.5) is 0 Å². The molecule has 0 atom stereocenters. The van der Waals surface area contributed by atoms with E-state index in [1.165, 1.54) is 5.56 Å². The zero-order valence-electron chi connectivity index (χ0n) is 10.8. The molecule has 0 aromatic carbocycles. The van der Waals surface area contributed by atoms with E-state index < -0.39 is 0 Å². The maximum Gasteiger partial charge on any atom is 0.349 e. The van der Waals surface area contributed by atoms with Gasteiger partial charge >= 0.3 is 5.69 Å². The summed E-state index contributed by atoms with van der Waals surface area (Å²) in [5, 5.41) is 0.898. The van der Waals surface area contributed by atoms with Gasteiger partial charge in [-0.1, -0.05) is 6.07 Å². The molecule has 2 aromatic heterocycles. The minimum atomic E-state index is -0.157. The van der Waals surface area contributed by atoms with Crippen molar-refractivity contribution in [3.63, 3.8) is 0 Å². The Morgan fingerprint density at radius 1 is 1.37 bits per heavy atom. The molecule has 0 aliphatic heterocycles. The first kappa shape index (κ1) is 12.4. The van der Waals surface area contributed by atoms with Gasteiger partial charge < -0.3 is 0 Å². The molecule has 5 heteroatoms. The van der Waals surface area contributed by atoms with E-state index in [0.717, 1.165) is 35.7 Å². The summed E-state index contributed by atoms with van der Waals surface area (Å²) < 4.78 is 1.78. The van der Waals surface area contributed by atoms with Gasteiger partial charge in [-0.2, -0.15) is 4.98 Å². The van der Waals surface area contributed by atoms with E-state index in [1.54, 1.807) is 22.5 Å². The largest absolute Gasteiger partial charge is 0.349 e. The Morgan fingerprint density at radius 2 is 2.26 bits per heavy atom. The Balaban J connectivity index is 2.07. The van der Waals surface area contributed by atoms with Crippen molar-refractivity contribution in [2.24, 2.45) is 0 Å². The fourth-order valence-corrected chi connectivity index (χ4v) is 3.21. The Kier molecular flexibility index (Phi) is 3.38. The molecule has 98 valence electrons. The van der Waals surface area contributed by atoms with Crippen molar-refractivity contribution in [2.45, 2.75) is 30.8 Å². The second-order valence-electron chi connectivity index (χ2n) is 4.59. The summed E-state index contributed by atoms with van der Waals surface area (Å²) >= 11 is 1.56. The second-order valence-corrected chi connectivity index (χ2v) is 5.38. The summed E-state index contributed by atoms with van der Waals surface area (Å²) in [6.07, 6.45) is 6.83. The van der Waals surface area contributed by atoms with E-state index in [1.807, 2.05) is 24.5 Å². The first-order valence-electron chi connectivity index (χ1n) is 6.36. The van der Waals surface area contributed by atoms with Crippen LogP contribution in [0.15, 0.2) is 34.2 Å². The molecule has 0 unspecified atom stereocenters. The average Bonchev–Trinajstić information content (AvgIpc) is 2.92. The van der Waals surface area contributed by atoms with Gasteiger partial charge in [-0.3, -0.25) is 9.55 Å². The first-order valence-corrected chi connectivity index (χ1v) is 7.58. The van der Waals surface area contributed by atoms with Gasteiger partial charge in [0.25, 0.3) is 0 Å². The SMILES string of the molecule is CSc1nc(=O)n(Cc2ccccn2)c2c1CCC2. The highest BCUT2D eigenvalue weighted by atomic mass is 32.2. The molecule has 0 saturated heterocycles. The van der Waals surface area contributed by atoms with Gasteiger partial charge in [-0.05, 0) is 37.7 Å². The minimum Gasteiger partial charge on any atom is -0.290 e. The van der Waals surface area contributed by atoms with E-state index in [4.69, 9.17) is 0 Å². The van der Waals surface area contributed by atoms with Crippen LogP contribution in [0.3, 0.4) is 0 Å². The van der Waals surface area contributed by atoms with Gasteiger partial charge in [-0.25, -0.2) is 4.79 Å². The number of hydrogen-bond acceptors (Lipinski definition) is 4. The van der Waals surface area contributed by atoms with Crippen LogP contribution in [0.5, 0.6) is 0 Å². The van der Waals surface area contributed by atoms with Crippen molar-refractivity contribution in [2.75, 3.05) is 6.26 Å². The summed E-state index contributed by atoms with van der Waals surface area (Å²) in [5.41, 5.74) is 3.14. The molecule has 1 aliphatic rings. The number of hydrogen-bond donors (Lipinski definition) is 0. The van der Waals surface area contributed by atoms with Gasteiger partial charge in [-0.15, -0.1) is 11.8 Å². The lowest BCUT2D eigenvalue weighted by atomic mass is 10.2. The molecule has 2 heterocycles. The molecule has 1 aliphatic carbocycles. The predicted molar refractivity (Wildman–Crippen MR) is 75.6 cm³/mol. The Hall–Kier alpha value is -1.62. The Labute approximate surface area is 115 Å². The fourth-order valence-electron chi connectivity index (χ4n) is 2.57. The molecule has 19 heavy (non-hydrogen) atoms. The van der Waals surface area contributed by atoms with Crippen LogP contribution < -0.4 is 5.69 Å². The van der Waals surface area contributed by atoms with Gasteiger partial charge in [0.1, 0.15) is 5.03 Å². The molecule has 0 N–H and O–H groups in total. The van der Waals surface area contributed by atoms with Crippen molar-refractivity contribution in [1.29, 1.82) is 0 Å². The average molecular weight is 273 g/mol. The topological polar surface area (TPSA) is 47.8 Å². The van der Waals surface area contributed by atoms with Crippen molar-refractivity contribution >= 4 is 11.8 Å². The third-order valence-electron chi connectivity index (χ3n) is 3.44. The molecule has 2 aromatic rings. The van der Waals surface area contributed by atoms with E-state index in [2.05, 4.69) is 9.97 Å².